The third-order valence-electron chi connectivity index (χ3n) is 4.57. The smallest absolute Gasteiger partial charge is 0.319 e. The van der Waals surface area contributed by atoms with Gasteiger partial charge in [-0.1, -0.05) is 12.1 Å². The Morgan fingerprint density at radius 3 is 2.16 bits per heavy atom. The van der Waals surface area contributed by atoms with Crippen molar-refractivity contribution < 1.29 is 22.4 Å². The molecule has 3 rings (SSSR count). The summed E-state index contributed by atoms with van der Waals surface area (Å²) < 4.78 is 30.9. The third kappa shape index (κ3) is 6.69. The molecule has 0 bridgehead atoms. The number of hydrogen-bond donors (Lipinski definition) is 4. The van der Waals surface area contributed by atoms with Crippen molar-refractivity contribution in [1.82, 2.24) is 10.0 Å². The van der Waals surface area contributed by atoms with Crippen LogP contribution in [0.1, 0.15) is 17.7 Å². The molecule has 168 valence electrons. The van der Waals surface area contributed by atoms with Crippen LogP contribution in [0.2, 0.25) is 0 Å². The first kappa shape index (κ1) is 23.0. The van der Waals surface area contributed by atoms with Crippen molar-refractivity contribution >= 4 is 33.3 Å². The number of sulfonamides is 1. The molecule has 0 spiro atoms. The van der Waals surface area contributed by atoms with Gasteiger partial charge in [-0.15, -0.1) is 0 Å². The number of benzene rings is 2. The lowest BCUT2D eigenvalue weighted by atomic mass is 10.1. The van der Waals surface area contributed by atoms with Crippen LogP contribution in [0.25, 0.3) is 0 Å². The van der Waals surface area contributed by atoms with Gasteiger partial charge in [0.25, 0.3) is 0 Å². The number of rotatable bonds is 9. The minimum absolute atomic E-state index is 0.172. The van der Waals surface area contributed by atoms with Gasteiger partial charge in [-0.05, 0) is 67.6 Å². The molecule has 0 saturated carbocycles. The predicted molar refractivity (Wildman–Crippen MR) is 121 cm³/mol. The molecule has 3 amide bonds. The summed E-state index contributed by atoms with van der Waals surface area (Å²) >= 11 is 0. The van der Waals surface area contributed by atoms with Gasteiger partial charge in [-0.3, -0.25) is 4.79 Å². The molecule has 0 aliphatic carbocycles. The van der Waals surface area contributed by atoms with Crippen LogP contribution < -0.4 is 20.7 Å². The Labute approximate surface area is 186 Å². The quantitative estimate of drug-likeness (QED) is 0.393. The zero-order valence-electron chi connectivity index (χ0n) is 17.4. The minimum atomic E-state index is -3.48. The number of furan rings is 1. The summed E-state index contributed by atoms with van der Waals surface area (Å²) in [6, 6.07) is 16.3. The van der Waals surface area contributed by atoms with Gasteiger partial charge in [0, 0.05) is 17.8 Å². The SMILES string of the molecule is CNS(=O)(=O)c1ccc(CCC(=O)Nc2ccc(NC(=O)NCc3ccco3)cc2)cc1. The summed E-state index contributed by atoms with van der Waals surface area (Å²) in [5.41, 5.74) is 2.04. The molecule has 9 nitrogen and oxygen atoms in total. The zero-order chi connectivity index (χ0) is 23.0. The van der Waals surface area contributed by atoms with Crippen molar-refractivity contribution in [2.45, 2.75) is 24.3 Å². The molecule has 32 heavy (non-hydrogen) atoms. The highest BCUT2D eigenvalue weighted by Crippen LogP contribution is 2.15. The van der Waals surface area contributed by atoms with Gasteiger partial charge in [0.2, 0.25) is 15.9 Å². The van der Waals surface area contributed by atoms with E-state index in [0.717, 1.165) is 5.56 Å². The van der Waals surface area contributed by atoms with Crippen molar-refractivity contribution in [3.05, 3.63) is 78.3 Å². The first-order chi connectivity index (χ1) is 15.4. The molecule has 0 aliphatic rings. The first-order valence-electron chi connectivity index (χ1n) is 9.85. The van der Waals surface area contributed by atoms with E-state index in [1.807, 2.05) is 0 Å². The molecule has 0 saturated heterocycles. The van der Waals surface area contributed by atoms with E-state index in [1.165, 1.54) is 25.4 Å². The Morgan fingerprint density at radius 2 is 1.56 bits per heavy atom. The Hall–Kier alpha value is -3.63. The summed E-state index contributed by atoms with van der Waals surface area (Å²) in [4.78, 5) is 24.3. The van der Waals surface area contributed by atoms with Crippen molar-refractivity contribution in [2.24, 2.45) is 0 Å². The molecule has 1 heterocycles. The van der Waals surface area contributed by atoms with Gasteiger partial charge in [-0.2, -0.15) is 0 Å². The van der Waals surface area contributed by atoms with Crippen LogP contribution in [-0.2, 0) is 27.8 Å². The summed E-state index contributed by atoms with van der Waals surface area (Å²) in [6.45, 7) is 0.279. The normalized spacial score (nSPS) is 11.0. The van der Waals surface area contributed by atoms with Crippen LogP contribution in [-0.4, -0.2) is 27.4 Å². The number of urea groups is 1. The van der Waals surface area contributed by atoms with E-state index in [0.29, 0.717) is 23.6 Å². The summed E-state index contributed by atoms with van der Waals surface area (Å²) in [7, 11) is -2.12. The maximum absolute atomic E-state index is 12.2. The van der Waals surface area contributed by atoms with E-state index in [2.05, 4.69) is 20.7 Å². The second-order valence-electron chi connectivity index (χ2n) is 6.86. The van der Waals surface area contributed by atoms with Gasteiger partial charge < -0.3 is 20.4 Å². The fourth-order valence-corrected chi connectivity index (χ4v) is 3.56. The molecule has 4 N–H and O–H groups in total. The highest BCUT2D eigenvalue weighted by molar-refractivity contribution is 7.89. The molecule has 3 aromatic rings. The Balaban J connectivity index is 1.43. The largest absolute Gasteiger partial charge is 0.467 e. The van der Waals surface area contributed by atoms with Crippen molar-refractivity contribution in [2.75, 3.05) is 17.7 Å². The van der Waals surface area contributed by atoms with Crippen molar-refractivity contribution in [3.63, 3.8) is 0 Å². The van der Waals surface area contributed by atoms with E-state index in [9.17, 15) is 18.0 Å². The second kappa shape index (κ2) is 10.6. The van der Waals surface area contributed by atoms with Crippen molar-refractivity contribution in [3.8, 4) is 0 Å². The average Bonchev–Trinajstić information content (AvgIpc) is 3.32. The first-order valence-corrected chi connectivity index (χ1v) is 11.3. The lowest BCUT2D eigenvalue weighted by Crippen LogP contribution is -2.27. The van der Waals surface area contributed by atoms with E-state index < -0.39 is 10.0 Å². The predicted octanol–water partition coefficient (Wildman–Crippen LogP) is 3.08. The summed E-state index contributed by atoms with van der Waals surface area (Å²) in [5, 5.41) is 8.17. The molecule has 0 aliphatic heterocycles. The van der Waals surface area contributed by atoms with Crippen LogP contribution in [0.15, 0.2) is 76.2 Å². The number of amides is 3. The highest BCUT2D eigenvalue weighted by atomic mass is 32.2. The van der Waals surface area contributed by atoms with E-state index >= 15 is 0 Å². The monoisotopic (exact) mass is 456 g/mol. The Kier molecular flexibility index (Phi) is 7.63. The molecule has 0 radical (unpaired) electrons. The number of aryl methyl sites for hydroxylation is 1. The van der Waals surface area contributed by atoms with Gasteiger partial charge >= 0.3 is 6.03 Å². The standard InChI is InChI=1S/C22H24N4O5S/c1-23-32(29,30)20-11-4-16(5-12-20)6-13-21(27)25-17-7-9-18(10-8-17)26-22(28)24-15-19-3-2-14-31-19/h2-5,7-12,14,23H,6,13,15H2,1H3,(H,25,27)(H2,24,26,28). The van der Waals surface area contributed by atoms with Crippen LogP contribution in [0.3, 0.4) is 0 Å². The van der Waals surface area contributed by atoms with E-state index in [-0.39, 0.29) is 29.8 Å². The molecular formula is C22H24N4O5S. The topological polar surface area (TPSA) is 130 Å². The third-order valence-corrected chi connectivity index (χ3v) is 6.00. The molecule has 0 fully saturated rings. The minimum Gasteiger partial charge on any atom is -0.467 e. The summed E-state index contributed by atoms with van der Waals surface area (Å²) in [6.07, 6.45) is 2.25. The number of carbonyl (C=O) groups excluding carboxylic acids is 2. The number of carbonyl (C=O) groups is 2. The zero-order valence-corrected chi connectivity index (χ0v) is 18.2. The molecule has 10 heteroatoms. The van der Waals surface area contributed by atoms with Crippen molar-refractivity contribution in [1.29, 1.82) is 0 Å². The maximum Gasteiger partial charge on any atom is 0.319 e. The van der Waals surface area contributed by atoms with Crippen LogP contribution >= 0.6 is 0 Å². The molecule has 1 aromatic heterocycles. The fourth-order valence-electron chi connectivity index (χ4n) is 2.83. The van der Waals surface area contributed by atoms with Crippen LogP contribution in [0, 0.1) is 0 Å². The van der Waals surface area contributed by atoms with Gasteiger partial charge in [0.05, 0.1) is 17.7 Å². The lowest BCUT2D eigenvalue weighted by Gasteiger charge is -2.09. The van der Waals surface area contributed by atoms with Crippen LogP contribution in [0.4, 0.5) is 16.2 Å². The van der Waals surface area contributed by atoms with E-state index in [4.69, 9.17) is 4.42 Å². The van der Waals surface area contributed by atoms with Gasteiger partial charge in [0.1, 0.15) is 5.76 Å². The highest BCUT2D eigenvalue weighted by Gasteiger charge is 2.11. The number of nitrogens with one attached hydrogen (secondary N) is 4. The summed E-state index contributed by atoms with van der Waals surface area (Å²) in [5.74, 6) is 0.478. The average molecular weight is 457 g/mol. The Morgan fingerprint density at radius 1 is 0.906 bits per heavy atom. The molecule has 0 atom stereocenters. The van der Waals surface area contributed by atoms with E-state index in [1.54, 1.807) is 48.5 Å². The van der Waals surface area contributed by atoms with Crippen LogP contribution in [0.5, 0.6) is 0 Å². The number of anilines is 2. The maximum atomic E-state index is 12.2. The Bertz CT molecular complexity index is 1140. The molecular weight excluding hydrogens is 432 g/mol. The molecule has 2 aromatic carbocycles. The fraction of sp³-hybridized carbons (Fsp3) is 0.182. The number of hydrogen-bond acceptors (Lipinski definition) is 5. The molecule has 0 unspecified atom stereocenters. The second-order valence-corrected chi connectivity index (χ2v) is 8.75. The van der Waals surface area contributed by atoms with Gasteiger partial charge in [0.15, 0.2) is 0 Å². The van der Waals surface area contributed by atoms with Gasteiger partial charge in [-0.25, -0.2) is 17.9 Å². The lowest BCUT2D eigenvalue weighted by molar-refractivity contribution is -0.116.